The largest absolute Gasteiger partial charge is 0.404 e. The Balaban J connectivity index is 2.47. The molecule has 2 aromatic rings. The number of halogens is 5. The number of alkyl halides is 3. The first-order valence-corrected chi connectivity index (χ1v) is 9.71. The fraction of sp³-hybridized carbons (Fsp3) is 0.308. The quantitative estimate of drug-likeness (QED) is 0.748. The number of nitrogens with one attached hydrogen (secondary N) is 1. The van der Waals surface area contributed by atoms with Crippen molar-refractivity contribution in [3.05, 3.63) is 33.4 Å². The van der Waals surface area contributed by atoms with Crippen LogP contribution in [0.15, 0.2) is 22.5 Å². The smallest absolute Gasteiger partial charge is 0.390 e. The van der Waals surface area contributed by atoms with Gasteiger partial charge in [0.15, 0.2) is 0 Å². The molecule has 1 unspecified atom stereocenters. The van der Waals surface area contributed by atoms with Crippen molar-refractivity contribution in [2.75, 3.05) is 0 Å². The molecule has 0 saturated heterocycles. The van der Waals surface area contributed by atoms with E-state index in [4.69, 9.17) is 23.2 Å². The van der Waals surface area contributed by atoms with Crippen LogP contribution in [0.2, 0.25) is 10.0 Å². The van der Waals surface area contributed by atoms with Crippen LogP contribution in [0.4, 0.5) is 13.2 Å². The van der Waals surface area contributed by atoms with Gasteiger partial charge in [-0.2, -0.15) is 17.9 Å². The molecule has 0 aliphatic rings. The van der Waals surface area contributed by atoms with E-state index in [0.717, 1.165) is 17.4 Å². The number of hydrogen-bond acceptors (Lipinski definition) is 5. The van der Waals surface area contributed by atoms with E-state index in [1.165, 1.54) is 16.3 Å². The maximum atomic E-state index is 12.6. The van der Waals surface area contributed by atoms with Crippen molar-refractivity contribution in [1.29, 1.82) is 0 Å². The van der Waals surface area contributed by atoms with Crippen molar-refractivity contribution < 1.29 is 26.7 Å². The van der Waals surface area contributed by atoms with E-state index in [9.17, 15) is 26.7 Å². The zero-order valence-electron chi connectivity index (χ0n) is 12.4. The number of aromatic nitrogens is 1. The maximum absolute atomic E-state index is 12.6. The molecule has 0 fully saturated rings. The van der Waals surface area contributed by atoms with Crippen LogP contribution in [-0.4, -0.2) is 30.7 Å². The van der Waals surface area contributed by atoms with Crippen LogP contribution in [0.1, 0.15) is 12.6 Å². The minimum atomic E-state index is -4.75. The van der Waals surface area contributed by atoms with E-state index in [-0.39, 0.29) is 11.6 Å². The van der Waals surface area contributed by atoms with Crippen molar-refractivity contribution in [1.82, 2.24) is 9.71 Å². The van der Waals surface area contributed by atoms with Crippen molar-refractivity contribution >= 4 is 44.6 Å². The van der Waals surface area contributed by atoms with Gasteiger partial charge in [-0.1, -0.05) is 29.3 Å². The van der Waals surface area contributed by atoms with Gasteiger partial charge in [0, 0.05) is 5.56 Å². The lowest BCUT2D eigenvalue weighted by atomic mass is 10.1. The van der Waals surface area contributed by atoms with Gasteiger partial charge in [-0.25, -0.2) is 13.4 Å². The minimum Gasteiger partial charge on any atom is -0.390 e. The van der Waals surface area contributed by atoms with Gasteiger partial charge < -0.3 is 5.11 Å². The summed E-state index contributed by atoms with van der Waals surface area (Å²) in [7, 11) is -4.55. The lowest BCUT2D eigenvalue weighted by molar-refractivity contribution is -0.147. The maximum Gasteiger partial charge on any atom is 0.404 e. The number of benzene rings is 1. The molecule has 0 radical (unpaired) electrons. The Hall–Kier alpha value is -0.910. The average Bonchev–Trinajstić information content (AvgIpc) is 2.96. The first-order valence-electron chi connectivity index (χ1n) is 6.59. The molecule has 0 aliphatic carbocycles. The van der Waals surface area contributed by atoms with Gasteiger partial charge in [-0.3, -0.25) is 0 Å². The molecule has 12 heteroatoms. The summed E-state index contributed by atoms with van der Waals surface area (Å²) in [5.41, 5.74) is 2.10. The Kier molecular flexibility index (Phi) is 6.02. The Morgan fingerprint density at radius 2 is 1.96 bits per heavy atom. The molecule has 0 spiro atoms. The van der Waals surface area contributed by atoms with Crippen molar-refractivity contribution in [2.45, 2.75) is 30.6 Å². The molecule has 1 aromatic heterocycles. The molecule has 2 N–H and O–H groups in total. The highest BCUT2D eigenvalue weighted by Crippen LogP contribution is 2.40. The number of hydrogen-bond donors (Lipinski definition) is 2. The summed E-state index contributed by atoms with van der Waals surface area (Å²) < 4.78 is 63.6. The van der Waals surface area contributed by atoms with E-state index in [0.29, 0.717) is 23.1 Å². The second-order valence-electron chi connectivity index (χ2n) is 4.91. The van der Waals surface area contributed by atoms with Gasteiger partial charge in [0.2, 0.25) is 10.0 Å². The number of nitrogens with zero attached hydrogens (tertiary/aromatic N) is 1. The number of thiazole rings is 1. The normalized spacial score (nSPS) is 13.9. The highest BCUT2D eigenvalue weighted by molar-refractivity contribution is 7.89. The van der Waals surface area contributed by atoms with E-state index in [2.05, 4.69) is 4.98 Å². The molecule has 0 amide bonds. The van der Waals surface area contributed by atoms with E-state index in [1.807, 2.05) is 0 Å². The SMILES string of the molecule is CC(NS(=O)(=O)c1ccc(-c2scnc2CO)c(Cl)c1Cl)C(F)(F)F. The van der Waals surface area contributed by atoms with Gasteiger partial charge in [-0.05, 0) is 13.0 Å². The average molecular weight is 435 g/mol. The highest BCUT2D eigenvalue weighted by Gasteiger charge is 2.39. The summed E-state index contributed by atoms with van der Waals surface area (Å²) in [6.45, 7) is 0.309. The van der Waals surface area contributed by atoms with E-state index < -0.39 is 32.2 Å². The third-order valence-electron chi connectivity index (χ3n) is 3.19. The molecular weight excluding hydrogens is 424 g/mol. The third-order valence-corrected chi connectivity index (χ3v) is 6.67. The Morgan fingerprint density at radius 3 is 2.52 bits per heavy atom. The number of aliphatic hydroxyl groups is 1. The Labute approximate surface area is 155 Å². The van der Waals surface area contributed by atoms with Gasteiger partial charge in [-0.15, -0.1) is 11.3 Å². The van der Waals surface area contributed by atoms with Crippen molar-refractivity contribution in [2.24, 2.45) is 0 Å². The van der Waals surface area contributed by atoms with Crippen LogP contribution in [0.5, 0.6) is 0 Å². The fourth-order valence-corrected chi connectivity index (χ4v) is 4.87. The zero-order chi connectivity index (χ0) is 19.0. The van der Waals surface area contributed by atoms with Crippen LogP contribution >= 0.6 is 34.5 Å². The molecule has 0 bridgehead atoms. The second kappa shape index (κ2) is 7.37. The standard InChI is InChI=1S/C13H11Cl2F3N2O3S2/c1-6(13(16,17)18)20-25(22,23)9-3-2-7(10(14)11(9)15)12-8(4-21)19-5-24-12/h2-3,5-6,20-21H,4H2,1H3. The molecular formula is C13H11Cl2F3N2O3S2. The third kappa shape index (κ3) is 4.26. The molecule has 25 heavy (non-hydrogen) atoms. The summed E-state index contributed by atoms with van der Waals surface area (Å²) in [5.74, 6) is 0. The predicted octanol–water partition coefficient (Wildman–Crippen LogP) is 3.84. The van der Waals surface area contributed by atoms with Crippen LogP contribution in [-0.2, 0) is 16.6 Å². The molecule has 1 heterocycles. The minimum absolute atomic E-state index is 0.164. The summed E-state index contributed by atoms with van der Waals surface area (Å²) in [6, 6.07) is 0.0540. The molecule has 1 atom stereocenters. The van der Waals surface area contributed by atoms with E-state index in [1.54, 1.807) is 0 Å². The van der Waals surface area contributed by atoms with E-state index >= 15 is 0 Å². The van der Waals surface area contributed by atoms with Crippen LogP contribution in [0.25, 0.3) is 10.4 Å². The summed E-state index contributed by atoms with van der Waals surface area (Å²) >= 11 is 13.2. The van der Waals surface area contributed by atoms with Crippen molar-refractivity contribution in [3.8, 4) is 10.4 Å². The van der Waals surface area contributed by atoms with Crippen LogP contribution in [0, 0.1) is 0 Å². The lowest BCUT2D eigenvalue weighted by Crippen LogP contribution is -2.43. The summed E-state index contributed by atoms with van der Waals surface area (Å²) in [6.07, 6.45) is -4.75. The monoisotopic (exact) mass is 434 g/mol. The van der Waals surface area contributed by atoms with Gasteiger partial charge in [0.25, 0.3) is 0 Å². The molecule has 0 aliphatic heterocycles. The Bertz CT molecular complexity index is 885. The fourth-order valence-electron chi connectivity index (χ4n) is 1.88. The number of rotatable bonds is 5. The molecule has 1 aromatic carbocycles. The summed E-state index contributed by atoms with van der Waals surface area (Å²) in [5, 5.41) is 8.66. The van der Waals surface area contributed by atoms with Gasteiger partial charge >= 0.3 is 6.18 Å². The number of sulfonamides is 1. The highest BCUT2D eigenvalue weighted by atomic mass is 35.5. The van der Waals surface area contributed by atoms with Gasteiger partial charge in [0.05, 0.1) is 32.7 Å². The first-order chi connectivity index (χ1) is 11.5. The topological polar surface area (TPSA) is 79.3 Å². The molecule has 2 rings (SSSR count). The first kappa shape index (κ1) is 20.4. The van der Waals surface area contributed by atoms with Crippen molar-refractivity contribution in [3.63, 3.8) is 0 Å². The molecule has 138 valence electrons. The number of aliphatic hydroxyl groups excluding tert-OH is 1. The lowest BCUT2D eigenvalue weighted by Gasteiger charge is -2.18. The van der Waals surface area contributed by atoms with Crippen LogP contribution in [0.3, 0.4) is 0 Å². The second-order valence-corrected chi connectivity index (χ2v) is 8.20. The molecule has 5 nitrogen and oxygen atoms in total. The zero-order valence-corrected chi connectivity index (χ0v) is 15.6. The molecule has 0 saturated carbocycles. The predicted molar refractivity (Wildman–Crippen MR) is 89.3 cm³/mol. The summed E-state index contributed by atoms with van der Waals surface area (Å²) in [4.78, 5) is 3.84. The van der Waals surface area contributed by atoms with Gasteiger partial charge in [0.1, 0.15) is 10.9 Å². The Morgan fingerprint density at radius 1 is 1.32 bits per heavy atom. The van der Waals surface area contributed by atoms with Crippen LogP contribution < -0.4 is 4.72 Å².